The van der Waals surface area contributed by atoms with Crippen LogP contribution in [0.25, 0.3) is 0 Å². The second kappa shape index (κ2) is 15.7. The molecule has 12 heteroatoms. The molecular formula is C33H46ClN5O5S. The number of hydrogen-bond donors (Lipinski definition) is 3. The van der Waals surface area contributed by atoms with E-state index in [1.165, 1.54) is 7.11 Å². The number of anilines is 2. The standard InChI is InChI=1S/C33H46ClN5O5S/c1-9-13-35-14-11-22(10-2)16-29-36-15-12-30(38-29)44-28-18-23(17-25(34)21(28)3)32(40)37-26-19-24(33(4,5)6)20-27(31(26)43-7)39-45(8,41)42/h12,15,17-20,22,35,39H,9-11,13-14,16H2,1-8H3,(H,37,40). The van der Waals surface area contributed by atoms with Crippen molar-refractivity contribution in [2.24, 2.45) is 5.92 Å². The maximum atomic E-state index is 13.6. The van der Waals surface area contributed by atoms with Gasteiger partial charge < -0.3 is 20.1 Å². The lowest BCUT2D eigenvalue weighted by atomic mass is 9.86. The van der Waals surface area contributed by atoms with E-state index in [4.69, 9.17) is 21.1 Å². The first-order valence-electron chi connectivity index (χ1n) is 15.2. The number of halogens is 1. The van der Waals surface area contributed by atoms with E-state index in [-0.39, 0.29) is 22.4 Å². The number of hydrogen-bond acceptors (Lipinski definition) is 8. The van der Waals surface area contributed by atoms with E-state index in [0.717, 1.165) is 50.6 Å². The van der Waals surface area contributed by atoms with Crippen molar-refractivity contribution in [2.75, 3.05) is 36.5 Å². The molecule has 0 saturated carbocycles. The van der Waals surface area contributed by atoms with Gasteiger partial charge in [0.05, 0.1) is 24.7 Å². The molecule has 1 aromatic heterocycles. The second-order valence-corrected chi connectivity index (χ2v) is 14.4. The number of rotatable bonds is 15. The van der Waals surface area contributed by atoms with E-state index in [1.807, 2.05) is 20.8 Å². The number of ether oxygens (including phenoxy) is 2. The number of nitrogens with one attached hydrogen (secondary N) is 3. The van der Waals surface area contributed by atoms with Gasteiger partial charge in [0.25, 0.3) is 5.91 Å². The first kappa shape index (κ1) is 36.1. The Labute approximate surface area is 272 Å². The molecule has 45 heavy (non-hydrogen) atoms. The van der Waals surface area contributed by atoms with Crippen LogP contribution < -0.4 is 24.8 Å². The molecule has 3 rings (SSSR count). The van der Waals surface area contributed by atoms with Gasteiger partial charge in [0.15, 0.2) is 5.75 Å². The van der Waals surface area contributed by atoms with Crippen molar-refractivity contribution in [3.8, 4) is 17.4 Å². The van der Waals surface area contributed by atoms with Crippen LogP contribution in [-0.2, 0) is 21.9 Å². The van der Waals surface area contributed by atoms with Crippen molar-refractivity contribution in [1.82, 2.24) is 15.3 Å². The number of methoxy groups -OCH3 is 1. The van der Waals surface area contributed by atoms with Crippen molar-refractivity contribution in [3.05, 3.63) is 64.1 Å². The second-order valence-electron chi connectivity index (χ2n) is 12.2. The van der Waals surface area contributed by atoms with Crippen LogP contribution in [0.2, 0.25) is 5.02 Å². The topological polar surface area (TPSA) is 132 Å². The Morgan fingerprint density at radius 1 is 1.09 bits per heavy atom. The van der Waals surface area contributed by atoms with Crippen LogP contribution in [0.15, 0.2) is 36.5 Å². The first-order valence-corrected chi connectivity index (χ1v) is 17.4. The number of sulfonamides is 1. The van der Waals surface area contributed by atoms with E-state index < -0.39 is 15.9 Å². The molecule has 0 spiro atoms. The summed E-state index contributed by atoms with van der Waals surface area (Å²) < 4.78 is 38.4. The zero-order valence-electron chi connectivity index (χ0n) is 27.5. The number of carbonyl (C=O) groups is 1. The summed E-state index contributed by atoms with van der Waals surface area (Å²) in [7, 11) is -2.21. The van der Waals surface area contributed by atoms with E-state index in [2.05, 4.69) is 39.2 Å². The normalized spacial score (nSPS) is 12.5. The Kier molecular flexibility index (Phi) is 12.6. The summed E-state index contributed by atoms with van der Waals surface area (Å²) in [6.45, 7) is 14.0. The van der Waals surface area contributed by atoms with Gasteiger partial charge in [0, 0.05) is 34.8 Å². The number of carbonyl (C=O) groups excluding carboxylic acids is 1. The fourth-order valence-corrected chi connectivity index (χ4v) is 5.46. The zero-order chi connectivity index (χ0) is 33.4. The van der Waals surface area contributed by atoms with Gasteiger partial charge in [-0.3, -0.25) is 9.52 Å². The summed E-state index contributed by atoms with van der Waals surface area (Å²) >= 11 is 6.56. The third kappa shape index (κ3) is 10.6. The van der Waals surface area contributed by atoms with Crippen LogP contribution in [0.5, 0.6) is 17.4 Å². The summed E-state index contributed by atoms with van der Waals surface area (Å²) in [6, 6.07) is 8.29. The van der Waals surface area contributed by atoms with Crippen LogP contribution >= 0.6 is 11.6 Å². The maximum Gasteiger partial charge on any atom is 0.255 e. The zero-order valence-corrected chi connectivity index (χ0v) is 29.1. The fraction of sp³-hybridized carbons (Fsp3) is 0.485. The SMILES string of the molecule is CCCNCCC(CC)Cc1nccc(Oc2cc(C(=O)Nc3cc(C(C)(C)C)cc(NS(C)(=O)=O)c3OC)cc(Cl)c2C)n1. The van der Waals surface area contributed by atoms with Crippen molar-refractivity contribution in [2.45, 2.75) is 72.6 Å². The van der Waals surface area contributed by atoms with Gasteiger partial charge in [-0.15, -0.1) is 0 Å². The average molecular weight is 660 g/mol. The Hall–Kier alpha value is -3.41. The summed E-state index contributed by atoms with van der Waals surface area (Å²) in [5, 5.41) is 6.67. The predicted molar refractivity (Wildman–Crippen MR) is 182 cm³/mol. The highest BCUT2D eigenvalue weighted by molar-refractivity contribution is 7.92. The molecule has 1 atom stereocenters. The highest BCUT2D eigenvalue weighted by Crippen LogP contribution is 2.40. The molecule has 0 saturated heterocycles. The maximum absolute atomic E-state index is 13.6. The van der Waals surface area contributed by atoms with Crippen LogP contribution in [-0.4, -0.2) is 50.7 Å². The van der Waals surface area contributed by atoms with Gasteiger partial charge in [-0.05, 0) is 74.0 Å². The monoisotopic (exact) mass is 659 g/mol. The van der Waals surface area contributed by atoms with Crippen LogP contribution in [0, 0.1) is 12.8 Å². The molecular weight excluding hydrogens is 614 g/mol. The number of amides is 1. The number of aromatic nitrogens is 2. The smallest absolute Gasteiger partial charge is 0.255 e. The molecule has 2 aromatic carbocycles. The van der Waals surface area contributed by atoms with Crippen molar-refractivity contribution in [1.29, 1.82) is 0 Å². The largest absolute Gasteiger partial charge is 0.492 e. The Morgan fingerprint density at radius 2 is 1.80 bits per heavy atom. The van der Waals surface area contributed by atoms with Crippen LogP contribution in [0.3, 0.4) is 0 Å². The van der Waals surface area contributed by atoms with Gasteiger partial charge in [0.2, 0.25) is 15.9 Å². The minimum atomic E-state index is -3.62. The third-order valence-corrected chi connectivity index (χ3v) is 8.34. The minimum absolute atomic E-state index is 0.177. The molecule has 246 valence electrons. The first-order chi connectivity index (χ1) is 21.1. The molecule has 10 nitrogen and oxygen atoms in total. The Morgan fingerprint density at radius 3 is 2.42 bits per heavy atom. The molecule has 0 radical (unpaired) electrons. The molecule has 1 unspecified atom stereocenters. The molecule has 3 N–H and O–H groups in total. The fourth-order valence-electron chi connectivity index (χ4n) is 4.70. The number of benzene rings is 2. The van der Waals surface area contributed by atoms with E-state index in [0.29, 0.717) is 39.6 Å². The molecule has 0 bridgehead atoms. The molecule has 1 heterocycles. The molecule has 0 fully saturated rings. The van der Waals surface area contributed by atoms with Gasteiger partial charge in [-0.2, -0.15) is 4.98 Å². The average Bonchev–Trinajstić information content (AvgIpc) is 2.95. The lowest BCUT2D eigenvalue weighted by Crippen LogP contribution is -2.20. The predicted octanol–water partition coefficient (Wildman–Crippen LogP) is 7.12. The summed E-state index contributed by atoms with van der Waals surface area (Å²) in [4.78, 5) is 22.7. The highest BCUT2D eigenvalue weighted by Gasteiger charge is 2.23. The van der Waals surface area contributed by atoms with Crippen molar-refractivity contribution < 1.29 is 22.7 Å². The van der Waals surface area contributed by atoms with E-state index in [1.54, 1.807) is 43.5 Å². The van der Waals surface area contributed by atoms with Crippen molar-refractivity contribution >= 4 is 38.9 Å². The highest BCUT2D eigenvalue weighted by atomic mass is 35.5. The molecule has 0 aliphatic carbocycles. The van der Waals surface area contributed by atoms with Crippen molar-refractivity contribution in [3.63, 3.8) is 0 Å². The third-order valence-electron chi connectivity index (χ3n) is 7.36. The lowest BCUT2D eigenvalue weighted by Gasteiger charge is -2.24. The van der Waals surface area contributed by atoms with Crippen LogP contribution in [0.1, 0.15) is 81.2 Å². The molecule has 0 aliphatic rings. The van der Waals surface area contributed by atoms with E-state index >= 15 is 0 Å². The molecule has 3 aromatic rings. The van der Waals surface area contributed by atoms with Crippen LogP contribution in [0.4, 0.5) is 11.4 Å². The van der Waals surface area contributed by atoms with Gasteiger partial charge >= 0.3 is 0 Å². The van der Waals surface area contributed by atoms with Gasteiger partial charge in [0.1, 0.15) is 11.6 Å². The summed E-state index contributed by atoms with van der Waals surface area (Å²) in [5.41, 5.74) is 1.84. The quantitative estimate of drug-likeness (QED) is 0.147. The minimum Gasteiger partial charge on any atom is -0.492 e. The summed E-state index contributed by atoms with van der Waals surface area (Å²) in [5.74, 6) is 1.56. The van der Waals surface area contributed by atoms with Gasteiger partial charge in [-0.1, -0.05) is 52.6 Å². The lowest BCUT2D eigenvalue weighted by molar-refractivity contribution is 0.102. The summed E-state index contributed by atoms with van der Waals surface area (Å²) in [6.07, 6.45) is 6.61. The number of nitrogens with zero attached hydrogens (tertiary/aromatic N) is 2. The molecule has 1 amide bonds. The molecule has 0 aliphatic heterocycles. The Balaban J connectivity index is 1.89. The Bertz CT molecular complexity index is 1590. The van der Waals surface area contributed by atoms with E-state index in [9.17, 15) is 13.2 Å². The van der Waals surface area contributed by atoms with Gasteiger partial charge in [-0.25, -0.2) is 13.4 Å².